The molecule has 0 unspecified atom stereocenters. The van der Waals surface area contributed by atoms with Gasteiger partial charge >= 0.3 is 11.9 Å². The highest BCUT2D eigenvalue weighted by Gasteiger charge is 1.98. The zero-order chi connectivity index (χ0) is 15.9. The largest absolute Gasteiger partial charge is 0.481 e. The van der Waals surface area contributed by atoms with E-state index in [1.54, 1.807) is 0 Å². The van der Waals surface area contributed by atoms with Gasteiger partial charge in [-0.15, -0.1) is 0 Å². The minimum absolute atomic E-state index is 0.288. The lowest BCUT2D eigenvalue weighted by Crippen LogP contribution is -1.93. The molecule has 4 nitrogen and oxygen atoms in total. The molecule has 0 aliphatic rings. The van der Waals surface area contributed by atoms with Gasteiger partial charge < -0.3 is 10.2 Å². The third-order valence-electron chi connectivity index (χ3n) is 3.55. The first-order valence-electron chi connectivity index (χ1n) is 8.11. The van der Waals surface area contributed by atoms with Gasteiger partial charge in [-0.2, -0.15) is 0 Å². The van der Waals surface area contributed by atoms with Gasteiger partial charge in [-0.05, 0) is 45.4 Å². The van der Waals surface area contributed by atoms with E-state index in [-0.39, 0.29) is 12.8 Å². The molecule has 0 saturated heterocycles. The van der Waals surface area contributed by atoms with Gasteiger partial charge in [-0.25, -0.2) is 0 Å². The second-order valence-corrected chi connectivity index (χ2v) is 5.71. The van der Waals surface area contributed by atoms with Crippen LogP contribution in [0.1, 0.15) is 84.0 Å². The molecular formula is C17H30O4. The average Bonchev–Trinajstić information content (AvgIpc) is 2.41. The van der Waals surface area contributed by atoms with Gasteiger partial charge in [0.25, 0.3) is 0 Å². The lowest BCUT2D eigenvalue weighted by molar-refractivity contribution is -0.138. The smallest absolute Gasteiger partial charge is 0.303 e. The van der Waals surface area contributed by atoms with Crippen molar-refractivity contribution in [2.24, 2.45) is 0 Å². The number of allylic oxidation sites excluding steroid dienone is 2. The van der Waals surface area contributed by atoms with Crippen LogP contribution in [0.25, 0.3) is 0 Å². The molecule has 0 amide bonds. The van der Waals surface area contributed by atoms with Gasteiger partial charge in [0.2, 0.25) is 0 Å². The molecule has 122 valence electrons. The van der Waals surface area contributed by atoms with Crippen LogP contribution >= 0.6 is 0 Å². The Morgan fingerprint density at radius 3 is 1.62 bits per heavy atom. The number of rotatable bonds is 14. The summed E-state index contributed by atoms with van der Waals surface area (Å²) in [7, 11) is 0. The molecular weight excluding hydrogens is 268 g/mol. The number of carbonyl (C=O) groups is 2. The maximum Gasteiger partial charge on any atom is 0.303 e. The zero-order valence-corrected chi connectivity index (χ0v) is 13.3. The highest BCUT2D eigenvalue weighted by molar-refractivity contribution is 5.66. The standard InChI is InChI=1S/C17H30O4/c1-15(12-8-5-6-10-14-17(20)21)11-7-3-2-4-9-13-16(18)19/h11H,2-10,12-14H2,1H3,(H,18,19)(H,20,21). The molecule has 0 rings (SSSR count). The first-order valence-corrected chi connectivity index (χ1v) is 8.11. The van der Waals surface area contributed by atoms with Crippen LogP contribution in [0, 0.1) is 0 Å². The van der Waals surface area contributed by atoms with Gasteiger partial charge in [-0.1, -0.05) is 37.3 Å². The summed E-state index contributed by atoms with van der Waals surface area (Å²) in [5.41, 5.74) is 1.42. The van der Waals surface area contributed by atoms with Crippen molar-refractivity contribution in [2.45, 2.75) is 84.0 Å². The van der Waals surface area contributed by atoms with E-state index in [4.69, 9.17) is 10.2 Å². The van der Waals surface area contributed by atoms with Crippen LogP contribution < -0.4 is 0 Å². The maximum atomic E-state index is 10.3. The molecule has 0 spiro atoms. The molecule has 21 heavy (non-hydrogen) atoms. The SMILES string of the molecule is CC(=CCCCCCCC(=O)O)CCCCCCC(=O)O. The second kappa shape index (κ2) is 13.7. The van der Waals surface area contributed by atoms with Crippen LogP contribution in [-0.4, -0.2) is 22.2 Å². The Kier molecular flexibility index (Phi) is 12.8. The quantitative estimate of drug-likeness (QED) is 0.357. The van der Waals surface area contributed by atoms with E-state index >= 15 is 0 Å². The summed E-state index contributed by atoms with van der Waals surface area (Å²) in [4.78, 5) is 20.7. The minimum atomic E-state index is -0.700. The number of hydrogen-bond acceptors (Lipinski definition) is 2. The van der Waals surface area contributed by atoms with Crippen molar-refractivity contribution >= 4 is 11.9 Å². The van der Waals surface area contributed by atoms with Crippen LogP contribution in [0.4, 0.5) is 0 Å². The van der Waals surface area contributed by atoms with Crippen molar-refractivity contribution in [1.82, 2.24) is 0 Å². The van der Waals surface area contributed by atoms with E-state index < -0.39 is 11.9 Å². The van der Waals surface area contributed by atoms with E-state index in [1.807, 2.05) is 0 Å². The molecule has 0 radical (unpaired) electrons. The minimum Gasteiger partial charge on any atom is -0.481 e. The van der Waals surface area contributed by atoms with Crippen molar-refractivity contribution in [3.8, 4) is 0 Å². The Bertz CT molecular complexity index is 321. The average molecular weight is 298 g/mol. The summed E-state index contributed by atoms with van der Waals surface area (Å²) >= 11 is 0. The number of unbranched alkanes of at least 4 members (excludes halogenated alkanes) is 7. The first-order chi connectivity index (χ1) is 10.0. The molecule has 0 fully saturated rings. The van der Waals surface area contributed by atoms with Gasteiger partial charge in [0.1, 0.15) is 0 Å². The molecule has 0 aromatic rings. The van der Waals surface area contributed by atoms with E-state index in [0.717, 1.165) is 64.2 Å². The Hall–Kier alpha value is -1.32. The first kappa shape index (κ1) is 19.7. The monoisotopic (exact) mass is 298 g/mol. The Labute approximate surface area is 128 Å². The molecule has 0 saturated carbocycles. The fraction of sp³-hybridized carbons (Fsp3) is 0.765. The van der Waals surface area contributed by atoms with Crippen LogP contribution in [0.15, 0.2) is 11.6 Å². The number of hydrogen-bond donors (Lipinski definition) is 2. The normalized spacial score (nSPS) is 11.6. The van der Waals surface area contributed by atoms with Gasteiger partial charge in [-0.3, -0.25) is 9.59 Å². The van der Waals surface area contributed by atoms with Crippen molar-refractivity contribution in [3.63, 3.8) is 0 Å². The summed E-state index contributed by atoms with van der Waals surface area (Å²) in [6, 6.07) is 0. The Balaban J connectivity index is 3.36. The number of aliphatic carboxylic acids is 2. The van der Waals surface area contributed by atoms with E-state index in [9.17, 15) is 9.59 Å². The van der Waals surface area contributed by atoms with E-state index in [0.29, 0.717) is 0 Å². The predicted octanol–water partition coefficient (Wildman–Crippen LogP) is 4.78. The van der Waals surface area contributed by atoms with Gasteiger partial charge in [0, 0.05) is 12.8 Å². The van der Waals surface area contributed by atoms with E-state index in [1.165, 1.54) is 5.57 Å². The summed E-state index contributed by atoms with van der Waals surface area (Å²) in [6.45, 7) is 2.15. The highest BCUT2D eigenvalue weighted by atomic mass is 16.4. The number of carboxylic acid groups (broad SMARTS) is 2. The molecule has 4 heteroatoms. The Morgan fingerprint density at radius 2 is 1.14 bits per heavy atom. The Morgan fingerprint density at radius 1 is 0.714 bits per heavy atom. The van der Waals surface area contributed by atoms with Crippen molar-refractivity contribution < 1.29 is 19.8 Å². The molecule has 2 N–H and O–H groups in total. The van der Waals surface area contributed by atoms with Crippen molar-refractivity contribution in [2.75, 3.05) is 0 Å². The van der Waals surface area contributed by atoms with Crippen LogP contribution in [0.2, 0.25) is 0 Å². The molecule has 0 bridgehead atoms. The highest BCUT2D eigenvalue weighted by Crippen LogP contribution is 2.13. The number of carboxylic acids is 2. The topological polar surface area (TPSA) is 74.6 Å². The molecule has 0 aliphatic heterocycles. The van der Waals surface area contributed by atoms with E-state index in [2.05, 4.69) is 13.0 Å². The molecule has 0 heterocycles. The van der Waals surface area contributed by atoms with Crippen molar-refractivity contribution in [3.05, 3.63) is 11.6 Å². The summed E-state index contributed by atoms with van der Waals surface area (Å²) in [5, 5.41) is 17.0. The fourth-order valence-electron chi connectivity index (χ4n) is 2.26. The lowest BCUT2D eigenvalue weighted by atomic mass is 10.0. The summed E-state index contributed by atoms with van der Waals surface area (Å²) < 4.78 is 0. The van der Waals surface area contributed by atoms with Gasteiger partial charge in [0.15, 0.2) is 0 Å². The summed E-state index contributed by atoms with van der Waals surface area (Å²) in [5.74, 6) is -1.40. The predicted molar refractivity (Wildman–Crippen MR) is 84.4 cm³/mol. The van der Waals surface area contributed by atoms with Crippen molar-refractivity contribution in [1.29, 1.82) is 0 Å². The second-order valence-electron chi connectivity index (χ2n) is 5.71. The third-order valence-corrected chi connectivity index (χ3v) is 3.55. The summed E-state index contributed by atoms with van der Waals surface area (Å²) in [6.07, 6.45) is 13.1. The van der Waals surface area contributed by atoms with Crippen LogP contribution in [0.5, 0.6) is 0 Å². The van der Waals surface area contributed by atoms with Gasteiger partial charge in [0.05, 0.1) is 0 Å². The molecule has 0 atom stereocenters. The van der Waals surface area contributed by atoms with Crippen LogP contribution in [-0.2, 0) is 9.59 Å². The third kappa shape index (κ3) is 16.6. The molecule has 0 aromatic carbocycles. The maximum absolute atomic E-state index is 10.3. The zero-order valence-electron chi connectivity index (χ0n) is 13.3. The molecule has 0 aromatic heterocycles. The van der Waals surface area contributed by atoms with Crippen LogP contribution in [0.3, 0.4) is 0 Å². The lowest BCUT2D eigenvalue weighted by Gasteiger charge is -2.02. The molecule has 0 aliphatic carbocycles. The fourth-order valence-corrected chi connectivity index (χ4v) is 2.26.